The van der Waals surface area contributed by atoms with Crippen LogP contribution in [-0.2, 0) is 12.8 Å². The van der Waals surface area contributed by atoms with Crippen molar-refractivity contribution in [2.24, 2.45) is 17.8 Å². The van der Waals surface area contributed by atoms with E-state index < -0.39 is 0 Å². The zero-order chi connectivity index (χ0) is 27.3. The molecule has 1 aliphatic rings. The molecule has 3 rings (SSSR count). The zero-order valence-electron chi connectivity index (χ0n) is 24.9. The van der Waals surface area contributed by atoms with Crippen molar-refractivity contribution in [3.05, 3.63) is 106 Å². The summed E-state index contributed by atoms with van der Waals surface area (Å²) in [6.07, 6.45) is 8.16. The van der Waals surface area contributed by atoms with Gasteiger partial charge in [-0.3, -0.25) is 0 Å². The Morgan fingerprint density at radius 1 is 0.892 bits per heavy atom. The number of aryl methyl sites for hydroxylation is 2. The molecule has 0 N–H and O–H groups in total. The van der Waals surface area contributed by atoms with E-state index in [1.54, 1.807) is 0 Å². The second-order valence-corrected chi connectivity index (χ2v) is 11.9. The molecule has 0 saturated carbocycles. The van der Waals surface area contributed by atoms with Crippen LogP contribution in [0.2, 0.25) is 0 Å². The van der Waals surface area contributed by atoms with Crippen molar-refractivity contribution in [3.8, 4) is 0 Å². The van der Waals surface area contributed by atoms with E-state index in [1.165, 1.54) is 75.8 Å². The van der Waals surface area contributed by atoms with Crippen LogP contribution >= 0.6 is 0 Å². The van der Waals surface area contributed by atoms with E-state index in [2.05, 4.69) is 91.4 Å². The molecule has 4 unspecified atom stereocenters. The fourth-order valence-electron chi connectivity index (χ4n) is 7.01. The van der Waals surface area contributed by atoms with Crippen LogP contribution in [0.4, 0.5) is 0 Å². The maximum Gasteiger partial charge on any atom is 0.0123 e. The largest absolute Gasteiger partial charge is 0.0995 e. The normalized spacial score (nSPS) is 18.5. The van der Waals surface area contributed by atoms with Crippen molar-refractivity contribution in [2.75, 3.05) is 0 Å². The molecule has 2 aromatic carbocycles. The van der Waals surface area contributed by atoms with Gasteiger partial charge in [0, 0.05) is 11.8 Å². The van der Waals surface area contributed by atoms with E-state index in [0.717, 1.165) is 25.2 Å². The van der Waals surface area contributed by atoms with Crippen LogP contribution in [0.3, 0.4) is 0 Å². The molecular formula is C37H52. The molecule has 0 heterocycles. The van der Waals surface area contributed by atoms with Gasteiger partial charge in [0.15, 0.2) is 0 Å². The predicted molar refractivity (Wildman–Crippen MR) is 165 cm³/mol. The molecule has 0 aliphatic heterocycles. The molecule has 0 heteroatoms. The number of benzene rings is 2. The molecule has 0 saturated heterocycles. The van der Waals surface area contributed by atoms with Crippen molar-refractivity contribution < 1.29 is 0 Å². The summed E-state index contributed by atoms with van der Waals surface area (Å²) in [5, 5.41) is 0. The first-order valence-corrected chi connectivity index (χ1v) is 14.9. The highest BCUT2D eigenvalue weighted by atomic mass is 14.4. The van der Waals surface area contributed by atoms with Crippen LogP contribution < -0.4 is 0 Å². The third-order valence-corrected chi connectivity index (χ3v) is 9.36. The van der Waals surface area contributed by atoms with Gasteiger partial charge in [0.25, 0.3) is 0 Å². The molecule has 0 nitrogen and oxygen atoms in total. The number of allylic oxidation sites excluding steroid dienone is 3. The van der Waals surface area contributed by atoms with Crippen LogP contribution in [0.1, 0.15) is 112 Å². The third-order valence-electron chi connectivity index (χ3n) is 9.36. The summed E-state index contributed by atoms with van der Waals surface area (Å²) in [6.45, 7) is 30.2. The lowest BCUT2D eigenvalue weighted by Gasteiger charge is -2.34. The average Bonchev–Trinajstić information content (AvgIpc) is 3.25. The van der Waals surface area contributed by atoms with Gasteiger partial charge < -0.3 is 0 Å². The summed E-state index contributed by atoms with van der Waals surface area (Å²) in [6, 6.07) is 13.9. The Labute approximate surface area is 229 Å². The maximum atomic E-state index is 4.85. The van der Waals surface area contributed by atoms with E-state index in [9.17, 15) is 0 Å². The molecule has 4 atom stereocenters. The zero-order valence-corrected chi connectivity index (χ0v) is 24.9. The molecule has 37 heavy (non-hydrogen) atoms. The molecule has 200 valence electrons. The first kappa shape index (κ1) is 29.2. The van der Waals surface area contributed by atoms with Crippen LogP contribution in [0.5, 0.6) is 0 Å². The number of hydrogen-bond donors (Lipinski definition) is 0. The van der Waals surface area contributed by atoms with Gasteiger partial charge in [-0.05, 0) is 84.2 Å². The Morgan fingerprint density at radius 2 is 1.51 bits per heavy atom. The Morgan fingerprint density at radius 3 is 2.08 bits per heavy atom. The fraction of sp³-hybridized carbons (Fsp3) is 0.514. The molecular weight excluding hydrogens is 444 g/mol. The van der Waals surface area contributed by atoms with Crippen molar-refractivity contribution in [1.29, 1.82) is 0 Å². The molecule has 0 amide bonds. The summed E-state index contributed by atoms with van der Waals surface area (Å²) in [5.41, 5.74) is 12.7. The number of hydrogen-bond acceptors (Lipinski definition) is 0. The molecule has 0 bridgehead atoms. The fourth-order valence-corrected chi connectivity index (χ4v) is 7.01. The van der Waals surface area contributed by atoms with Crippen LogP contribution in [0, 0.1) is 31.6 Å². The van der Waals surface area contributed by atoms with Gasteiger partial charge >= 0.3 is 0 Å². The minimum absolute atomic E-state index is 0.305. The Hall–Kier alpha value is -2.34. The van der Waals surface area contributed by atoms with Gasteiger partial charge in [0.1, 0.15) is 0 Å². The minimum Gasteiger partial charge on any atom is -0.0995 e. The van der Waals surface area contributed by atoms with Crippen LogP contribution in [-0.4, -0.2) is 0 Å². The second kappa shape index (κ2) is 12.9. The molecule has 1 aliphatic carbocycles. The smallest absolute Gasteiger partial charge is 0.0123 e. The highest BCUT2D eigenvalue weighted by molar-refractivity contribution is 5.50. The van der Waals surface area contributed by atoms with Crippen LogP contribution in [0.25, 0.3) is 0 Å². The summed E-state index contributed by atoms with van der Waals surface area (Å²) >= 11 is 0. The van der Waals surface area contributed by atoms with Gasteiger partial charge in [-0.15, -0.1) is 0 Å². The quantitative estimate of drug-likeness (QED) is 0.242. The summed E-state index contributed by atoms with van der Waals surface area (Å²) in [4.78, 5) is 0. The Kier molecular flexibility index (Phi) is 10.2. The van der Waals surface area contributed by atoms with Gasteiger partial charge in [0.05, 0.1) is 0 Å². The molecule has 0 aromatic heterocycles. The van der Waals surface area contributed by atoms with Crippen LogP contribution in [0.15, 0.2) is 72.9 Å². The van der Waals surface area contributed by atoms with Gasteiger partial charge in [-0.2, -0.15) is 0 Å². The minimum atomic E-state index is 0.305. The second-order valence-electron chi connectivity index (χ2n) is 11.9. The monoisotopic (exact) mass is 496 g/mol. The third kappa shape index (κ3) is 6.39. The van der Waals surface area contributed by atoms with Gasteiger partial charge in [0.2, 0.25) is 0 Å². The number of rotatable bonds is 13. The van der Waals surface area contributed by atoms with E-state index in [4.69, 9.17) is 13.2 Å². The average molecular weight is 497 g/mol. The molecule has 0 fully saturated rings. The first-order valence-electron chi connectivity index (χ1n) is 14.9. The van der Waals surface area contributed by atoms with E-state index in [0.29, 0.717) is 23.7 Å². The Bertz CT molecular complexity index is 1090. The number of fused-ring (bicyclic) bond motifs is 1. The van der Waals surface area contributed by atoms with Gasteiger partial charge in [-0.1, -0.05) is 133 Å². The van der Waals surface area contributed by atoms with Crippen molar-refractivity contribution in [3.63, 3.8) is 0 Å². The highest BCUT2D eigenvalue weighted by Gasteiger charge is 2.39. The SMILES string of the molecule is C=C(CC)Cc1ccc2c(c1)C(C(=C)C(C)c1c(C)cccc1C)C(C(=C)C(C)C(CCC)CCC)C2. The molecule has 0 radical (unpaired) electrons. The molecule has 0 spiro atoms. The lowest BCUT2D eigenvalue weighted by molar-refractivity contribution is 0.320. The van der Waals surface area contributed by atoms with E-state index in [1.807, 2.05) is 0 Å². The highest BCUT2D eigenvalue weighted by Crippen LogP contribution is 2.51. The standard InChI is InChI=1S/C37H52/c1-11-15-32(16-12-2)27(7)28(8)34-23-33-20-19-31(21-24(4)13-3)22-35(33)37(34)30(10)29(9)36-25(5)17-14-18-26(36)6/h14,17-20,22,27,29,32,34,37H,4,8,10-13,15-16,21,23H2,1-3,5-7,9H3. The first-order chi connectivity index (χ1) is 17.6. The topological polar surface area (TPSA) is 0 Å². The van der Waals surface area contributed by atoms with Crippen molar-refractivity contribution in [1.82, 2.24) is 0 Å². The van der Waals surface area contributed by atoms with Crippen molar-refractivity contribution >= 4 is 0 Å². The summed E-state index contributed by atoms with van der Waals surface area (Å²) < 4.78 is 0. The molecule has 2 aromatic rings. The van der Waals surface area contributed by atoms with Gasteiger partial charge in [-0.25, -0.2) is 0 Å². The van der Waals surface area contributed by atoms with E-state index >= 15 is 0 Å². The summed E-state index contributed by atoms with van der Waals surface area (Å²) in [7, 11) is 0. The van der Waals surface area contributed by atoms with E-state index in [-0.39, 0.29) is 0 Å². The Balaban J connectivity index is 2.05. The lowest BCUT2D eigenvalue weighted by Crippen LogP contribution is -2.23. The lowest BCUT2D eigenvalue weighted by atomic mass is 9.70. The predicted octanol–water partition coefficient (Wildman–Crippen LogP) is 10.8. The maximum absolute atomic E-state index is 4.85. The summed E-state index contributed by atoms with van der Waals surface area (Å²) in [5.74, 6) is 2.30. The van der Waals surface area contributed by atoms with Crippen molar-refractivity contribution in [2.45, 2.75) is 105 Å².